The lowest BCUT2D eigenvalue weighted by molar-refractivity contribution is -0.120. The van der Waals surface area contributed by atoms with Gasteiger partial charge in [-0.05, 0) is 5.39 Å². The minimum atomic E-state index is 0.328. The SMILES string of the molecule is O=COc1cc2ccccc2cn1. The highest BCUT2D eigenvalue weighted by Crippen LogP contribution is 2.16. The Labute approximate surface area is 75.0 Å². The number of nitrogens with zero attached hydrogens (tertiary/aromatic N) is 1. The van der Waals surface area contributed by atoms with Gasteiger partial charge in [0.05, 0.1) is 0 Å². The second-order valence-corrected chi connectivity index (χ2v) is 2.58. The van der Waals surface area contributed by atoms with E-state index in [1.54, 1.807) is 12.3 Å². The van der Waals surface area contributed by atoms with Gasteiger partial charge >= 0.3 is 0 Å². The van der Waals surface area contributed by atoms with Crippen LogP contribution in [-0.4, -0.2) is 11.5 Å². The molecule has 0 spiro atoms. The van der Waals surface area contributed by atoms with Gasteiger partial charge in [-0.3, -0.25) is 4.79 Å². The third-order valence-corrected chi connectivity index (χ3v) is 1.77. The van der Waals surface area contributed by atoms with Crippen molar-refractivity contribution in [3.8, 4) is 5.88 Å². The predicted octanol–water partition coefficient (Wildman–Crippen LogP) is 1.77. The molecule has 1 aromatic heterocycles. The highest BCUT2D eigenvalue weighted by Gasteiger charge is 1.96. The molecule has 0 atom stereocenters. The fourth-order valence-electron chi connectivity index (χ4n) is 1.18. The van der Waals surface area contributed by atoms with E-state index in [2.05, 4.69) is 9.72 Å². The number of carbonyl (C=O) groups excluding carboxylic acids is 1. The summed E-state index contributed by atoms with van der Waals surface area (Å²) in [5.41, 5.74) is 0. The molecule has 0 aliphatic carbocycles. The molecular weight excluding hydrogens is 166 g/mol. The molecule has 0 aliphatic heterocycles. The molecular formula is C10H7NO2. The van der Waals surface area contributed by atoms with Gasteiger partial charge < -0.3 is 4.74 Å². The molecule has 0 radical (unpaired) electrons. The Morgan fingerprint density at radius 1 is 1.23 bits per heavy atom. The van der Waals surface area contributed by atoms with Crippen molar-refractivity contribution in [3.63, 3.8) is 0 Å². The number of fused-ring (bicyclic) bond motifs is 1. The first-order valence-electron chi connectivity index (χ1n) is 3.85. The van der Waals surface area contributed by atoms with E-state index < -0.39 is 0 Å². The summed E-state index contributed by atoms with van der Waals surface area (Å²) < 4.78 is 4.62. The van der Waals surface area contributed by atoms with E-state index in [0.717, 1.165) is 10.8 Å². The second kappa shape index (κ2) is 3.23. The zero-order valence-corrected chi connectivity index (χ0v) is 6.81. The van der Waals surface area contributed by atoms with E-state index in [4.69, 9.17) is 0 Å². The van der Waals surface area contributed by atoms with E-state index in [-0.39, 0.29) is 0 Å². The highest BCUT2D eigenvalue weighted by molar-refractivity contribution is 5.82. The summed E-state index contributed by atoms with van der Waals surface area (Å²) >= 11 is 0. The Morgan fingerprint density at radius 2 is 2.00 bits per heavy atom. The quantitative estimate of drug-likeness (QED) is 0.649. The van der Waals surface area contributed by atoms with Crippen molar-refractivity contribution in [1.82, 2.24) is 4.98 Å². The van der Waals surface area contributed by atoms with Gasteiger partial charge in [-0.1, -0.05) is 24.3 Å². The third-order valence-electron chi connectivity index (χ3n) is 1.77. The monoisotopic (exact) mass is 173 g/mol. The van der Waals surface area contributed by atoms with Gasteiger partial charge in [-0.25, -0.2) is 4.98 Å². The van der Waals surface area contributed by atoms with Crippen molar-refractivity contribution in [2.45, 2.75) is 0 Å². The van der Waals surface area contributed by atoms with Crippen LogP contribution in [0.4, 0.5) is 0 Å². The van der Waals surface area contributed by atoms with Crippen LogP contribution in [0.2, 0.25) is 0 Å². The standard InChI is InChI=1S/C10H7NO2/c12-7-13-10-5-8-3-1-2-4-9(8)6-11-10/h1-7H. The lowest BCUT2D eigenvalue weighted by Gasteiger charge is -1.98. The smallest absolute Gasteiger partial charge is 0.299 e. The van der Waals surface area contributed by atoms with Crippen molar-refractivity contribution >= 4 is 17.2 Å². The fourth-order valence-corrected chi connectivity index (χ4v) is 1.18. The van der Waals surface area contributed by atoms with E-state index in [1.807, 2.05) is 24.3 Å². The van der Waals surface area contributed by atoms with Crippen molar-refractivity contribution in [3.05, 3.63) is 36.5 Å². The highest BCUT2D eigenvalue weighted by atomic mass is 16.5. The molecule has 3 nitrogen and oxygen atoms in total. The first-order valence-corrected chi connectivity index (χ1v) is 3.85. The summed E-state index contributed by atoms with van der Waals surface area (Å²) in [6.07, 6.45) is 1.67. The van der Waals surface area contributed by atoms with Crippen LogP contribution in [0.15, 0.2) is 36.5 Å². The Hall–Kier alpha value is -1.90. The van der Waals surface area contributed by atoms with E-state index >= 15 is 0 Å². The van der Waals surface area contributed by atoms with Crippen LogP contribution in [0.5, 0.6) is 5.88 Å². The minimum Gasteiger partial charge on any atom is -0.410 e. The zero-order chi connectivity index (χ0) is 9.10. The first-order chi connectivity index (χ1) is 6.40. The molecule has 0 saturated carbocycles. The van der Waals surface area contributed by atoms with Crippen LogP contribution in [0.3, 0.4) is 0 Å². The fraction of sp³-hybridized carbons (Fsp3) is 0. The van der Waals surface area contributed by atoms with Crippen LogP contribution in [-0.2, 0) is 4.79 Å². The van der Waals surface area contributed by atoms with Crippen molar-refractivity contribution in [1.29, 1.82) is 0 Å². The summed E-state index contributed by atoms with van der Waals surface area (Å²) in [7, 11) is 0. The third kappa shape index (κ3) is 1.49. The molecule has 2 aromatic rings. The van der Waals surface area contributed by atoms with Gasteiger partial charge in [0.2, 0.25) is 5.88 Å². The average Bonchev–Trinajstić information content (AvgIpc) is 2.18. The lowest BCUT2D eigenvalue weighted by Crippen LogP contribution is -1.90. The normalized spacial score (nSPS) is 9.85. The minimum absolute atomic E-state index is 0.328. The van der Waals surface area contributed by atoms with Crippen LogP contribution in [0.1, 0.15) is 0 Å². The number of carbonyl (C=O) groups is 1. The van der Waals surface area contributed by atoms with Gasteiger partial charge in [0, 0.05) is 17.6 Å². The van der Waals surface area contributed by atoms with E-state index in [0.29, 0.717) is 12.4 Å². The number of benzene rings is 1. The summed E-state index contributed by atoms with van der Waals surface area (Å²) in [4.78, 5) is 14.0. The summed E-state index contributed by atoms with van der Waals surface area (Å²) in [5, 5.41) is 2.04. The molecule has 0 amide bonds. The van der Waals surface area contributed by atoms with Gasteiger partial charge in [-0.2, -0.15) is 0 Å². The molecule has 0 unspecified atom stereocenters. The number of hydrogen-bond acceptors (Lipinski definition) is 3. The van der Waals surface area contributed by atoms with Crippen LogP contribution in [0, 0.1) is 0 Å². The first kappa shape index (κ1) is 7.73. The number of ether oxygens (including phenoxy) is 1. The number of aromatic nitrogens is 1. The van der Waals surface area contributed by atoms with Crippen molar-refractivity contribution < 1.29 is 9.53 Å². The maximum atomic E-state index is 10.0. The molecule has 1 heterocycles. The number of hydrogen-bond donors (Lipinski definition) is 0. The van der Waals surface area contributed by atoms with Crippen molar-refractivity contribution in [2.75, 3.05) is 0 Å². The summed E-state index contributed by atoms with van der Waals surface area (Å²) in [6.45, 7) is 0.372. The van der Waals surface area contributed by atoms with Crippen molar-refractivity contribution in [2.24, 2.45) is 0 Å². The van der Waals surface area contributed by atoms with Crippen LogP contribution >= 0.6 is 0 Å². The molecule has 0 saturated heterocycles. The van der Waals surface area contributed by atoms with Gasteiger partial charge in [0.15, 0.2) is 0 Å². The lowest BCUT2D eigenvalue weighted by atomic mass is 10.2. The van der Waals surface area contributed by atoms with E-state index in [9.17, 15) is 4.79 Å². The summed E-state index contributed by atoms with van der Waals surface area (Å²) in [5.74, 6) is 0.328. The topological polar surface area (TPSA) is 39.2 Å². The van der Waals surface area contributed by atoms with E-state index in [1.165, 1.54) is 0 Å². The van der Waals surface area contributed by atoms with Gasteiger partial charge in [0.25, 0.3) is 6.47 Å². The molecule has 3 heteroatoms. The molecule has 0 aliphatic rings. The molecule has 64 valence electrons. The predicted molar refractivity (Wildman–Crippen MR) is 48.4 cm³/mol. The Kier molecular flexibility index (Phi) is 1.92. The Morgan fingerprint density at radius 3 is 2.77 bits per heavy atom. The largest absolute Gasteiger partial charge is 0.410 e. The molecule has 1 aromatic carbocycles. The van der Waals surface area contributed by atoms with Gasteiger partial charge in [-0.15, -0.1) is 0 Å². The second-order valence-electron chi connectivity index (χ2n) is 2.58. The summed E-state index contributed by atoms with van der Waals surface area (Å²) in [6, 6.07) is 9.47. The molecule has 13 heavy (non-hydrogen) atoms. The molecule has 0 fully saturated rings. The van der Waals surface area contributed by atoms with Crippen LogP contribution < -0.4 is 4.74 Å². The number of pyridine rings is 1. The Balaban J connectivity index is 2.55. The molecule has 0 N–H and O–H groups in total. The molecule has 2 rings (SSSR count). The maximum Gasteiger partial charge on any atom is 0.299 e. The van der Waals surface area contributed by atoms with Gasteiger partial charge in [0.1, 0.15) is 0 Å². The Bertz CT molecular complexity index is 440. The zero-order valence-electron chi connectivity index (χ0n) is 6.81. The molecule has 0 bridgehead atoms. The average molecular weight is 173 g/mol. The maximum absolute atomic E-state index is 10.0. The number of rotatable bonds is 2. The van der Waals surface area contributed by atoms with Crippen LogP contribution in [0.25, 0.3) is 10.8 Å².